The molecule has 1 N–H and O–H groups in total. The van der Waals surface area contributed by atoms with Gasteiger partial charge in [0.15, 0.2) is 6.61 Å². The zero-order valence-electron chi connectivity index (χ0n) is 17.8. The lowest BCUT2D eigenvalue weighted by molar-refractivity contribution is -0.145. The number of benzene rings is 1. The molecule has 1 aromatic carbocycles. The second-order valence-corrected chi connectivity index (χ2v) is 9.31. The quantitative estimate of drug-likeness (QED) is 0.680. The van der Waals surface area contributed by atoms with Crippen LogP contribution in [0.1, 0.15) is 50.5 Å². The second kappa shape index (κ2) is 8.06. The second-order valence-electron chi connectivity index (χ2n) is 9.31. The first kappa shape index (κ1) is 20.7. The lowest BCUT2D eigenvalue weighted by Gasteiger charge is -2.41. The van der Waals surface area contributed by atoms with E-state index in [9.17, 15) is 14.0 Å². The SMILES string of the molecule is C[C@@H]1C[C@]2(COCC(=O)N2)[C@H]2COC3CCC(CC3)c3c(F)cccc3OCC(=O)N12. The van der Waals surface area contributed by atoms with Gasteiger partial charge in [0, 0.05) is 11.6 Å². The summed E-state index contributed by atoms with van der Waals surface area (Å²) < 4.78 is 32.5. The average molecular weight is 432 g/mol. The molecule has 3 atom stereocenters. The van der Waals surface area contributed by atoms with E-state index in [0.29, 0.717) is 30.9 Å². The van der Waals surface area contributed by atoms with Gasteiger partial charge in [0.25, 0.3) is 5.91 Å². The van der Waals surface area contributed by atoms with Crippen LogP contribution in [0, 0.1) is 5.82 Å². The standard InChI is InChI=1S/C23H29FN2O5/c1-14-9-23(13-29-11-20(27)25-23)19-10-30-16-7-5-15(6-8-16)22-17(24)3-2-4-18(22)31-12-21(28)26(14)19/h2-4,14-16,19H,5-13H2,1H3,(H,25,27)/t14-,15?,16?,19-,23+/m1/s1. The number of ether oxygens (including phenoxy) is 3. The summed E-state index contributed by atoms with van der Waals surface area (Å²) in [5.74, 6) is -0.138. The maximum atomic E-state index is 14.7. The minimum absolute atomic E-state index is 0.0348. The van der Waals surface area contributed by atoms with E-state index in [0.717, 1.165) is 25.7 Å². The van der Waals surface area contributed by atoms with Crippen LogP contribution in [0.2, 0.25) is 0 Å². The van der Waals surface area contributed by atoms with Gasteiger partial charge in [0.2, 0.25) is 5.91 Å². The lowest BCUT2D eigenvalue weighted by Crippen LogP contribution is -2.65. The molecule has 1 aromatic rings. The minimum Gasteiger partial charge on any atom is -0.483 e. The van der Waals surface area contributed by atoms with Crippen LogP contribution in [0.5, 0.6) is 5.75 Å². The molecule has 1 saturated carbocycles. The fourth-order valence-electron chi connectivity index (χ4n) is 5.96. The monoisotopic (exact) mass is 432 g/mol. The van der Waals surface area contributed by atoms with Gasteiger partial charge in [-0.3, -0.25) is 9.59 Å². The van der Waals surface area contributed by atoms with E-state index in [2.05, 4.69) is 5.32 Å². The number of carbonyl (C=O) groups excluding carboxylic acids is 2. The third-order valence-corrected chi connectivity index (χ3v) is 7.31. The van der Waals surface area contributed by atoms with E-state index < -0.39 is 5.54 Å². The number of halogens is 1. The largest absolute Gasteiger partial charge is 0.483 e. The Morgan fingerprint density at radius 2 is 1.97 bits per heavy atom. The van der Waals surface area contributed by atoms with Crippen molar-refractivity contribution in [2.75, 3.05) is 26.4 Å². The lowest BCUT2D eigenvalue weighted by atomic mass is 9.82. The Balaban J connectivity index is 1.48. The van der Waals surface area contributed by atoms with Crippen molar-refractivity contribution in [2.24, 2.45) is 0 Å². The van der Waals surface area contributed by atoms with E-state index in [1.165, 1.54) is 6.07 Å². The smallest absolute Gasteiger partial charge is 0.261 e. The molecular formula is C23H29FN2O5. The molecule has 1 aliphatic carbocycles. The first-order valence-electron chi connectivity index (χ1n) is 11.2. The van der Waals surface area contributed by atoms with E-state index in [4.69, 9.17) is 14.2 Å². The Morgan fingerprint density at radius 3 is 2.74 bits per heavy atom. The molecule has 7 nitrogen and oxygen atoms in total. The predicted molar refractivity (Wildman–Crippen MR) is 109 cm³/mol. The van der Waals surface area contributed by atoms with Crippen LogP contribution in [0.15, 0.2) is 18.2 Å². The van der Waals surface area contributed by atoms with Crippen molar-refractivity contribution >= 4 is 11.8 Å². The molecule has 0 radical (unpaired) electrons. The van der Waals surface area contributed by atoms with Crippen molar-refractivity contribution in [1.29, 1.82) is 0 Å². The van der Waals surface area contributed by atoms with E-state index >= 15 is 0 Å². The highest BCUT2D eigenvalue weighted by Gasteiger charge is 2.55. The number of hydrogen-bond donors (Lipinski definition) is 1. The van der Waals surface area contributed by atoms with Crippen molar-refractivity contribution in [3.8, 4) is 5.75 Å². The van der Waals surface area contributed by atoms with E-state index in [-0.39, 0.29) is 55.0 Å². The van der Waals surface area contributed by atoms with Crippen LogP contribution in [0.3, 0.4) is 0 Å². The number of hydrogen-bond acceptors (Lipinski definition) is 5. The number of nitrogens with one attached hydrogen (secondary N) is 1. The topological polar surface area (TPSA) is 77.1 Å². The van der Waals surface area contributed by atoms with Crippen molar-refractivity contribution in [2.45, 2.75) is 68.7 Å². The first-order chi connectivity index (χ1) is 15.0. The van der Waals surface area contributed by atoms with Crippen LogP contribution in [0.4, 0.5) is 4.39 Å². The third kappa shape index (κ3) is 3.69. The summed E-state index contributed by atoms with van der Waals surface area (Å²) in [6, 6.07) is 4.37. The zero-order valence-corrected chi connectivity index (χ0v) is 17.8. The van der Waals surface area contributed by atoms with Crippen LogP contribution in [0.25, 0.3) is 0 Å². The number of rotatable bonds is 0. The Bertz CT molecular complexity index is 872. The molecule has 2 bridgehead atoms. The van der Waals surface area contributed by atoms with E-state index in [1.807, 2.05) is 6.92 Å². The fraction of sp³-hybridized carbons (Fsp3) is 0.652. The number of nitrogens with zero attached hydrogens (tertiary/aromatic N) is 1. The molecule has 4 heterocycles. The van der Waals surface area contributed by atoms with Gasteiger partial charge in [-0.1, -0.05) is 6.07 Å². The fourth-order valence-corrected chi connectivity index (χ4v) is 5.96. The van der Waals surface area contributed by atoms with Gasteiger partial charge in [-0.05, 0) is 57.1 Å². The van der Waals surface area contributed by atoms with Crippen molar-refractivity contribution in [1.82, 2.24) is 10.2 Å². The number of carbonyl (C=O) groups is 2. The van der Waals surface area contributed by atoms with Gasteiger partial charge in [-0.15, -0.1) is 0 Å². The molecule has 31 heavy (non-hydrogen) atoms. The Hall–Kier alpha value is -2.19. The molecule has 1 spiro atoms. The molecule has 6 rings (SSSR count). The summed E-state index contributed by atoms with van der Waals surface area (Å²) in [5.41, 5.74) is -0.0883. The summed E-state index contributed by atoms with van der Waals surface area (Å²) in [5, 5.41) is 3.10. The Morgan fingerprint density at radius 1 is 1.16 bits per heavy atom. The predicted octanol–water partition coefficient (Wildman–Crippen LogP) is 2.14. The third-order valence-electron chi connectivity index (χ3n) is 7.31. The first-order valence-corrected chi connectivity index (χ1v) is 11.2. The highest BCUT2D eigenvalue weighted by atomic mass is 19.1. The Kier molecular flexibility index (Phi) is 5.38. The van der Waals surface area contributed by atoms with Gasteiger partial charge in [-0.2, -0.15) is 0 Å². The van der Waals surface area contributed by atoms with Gasteiger partial charge in [-0.25, -0.2) is 4.39 Å². The molecule has 4 aliphatic heterocycles. The van der Waals surface area contributed by atoms with Gasteiger partial charge in [0.05, 0.1) is 30.9 Å². The number of morpholine rings is 1. The maximum Gasteiger partial charge on any atom is 0.261 e. The van der Waals surface area contributed by atoms with Crippen molar-refractivity contribution in [3.63, 3.8) is 0 Å². The number of amides is 2. The summed E-state index contributed by atoms with van der Waals surface area (Å²) in [6.45, 7) is 2.50. The summed E-state index contributed by atoms with van der Waals surface area (Å²) in [6.07, 6.45) is 3.92. The summed E-state index contributed by atoms with van der Waals surface area (Å²) >= 11 is 0. The maximum absolute atomic E-state index is 14.7. The molecule has 2 saturated heterocycles. The highest BCUT2D eigenvalue weighted by Crippen LogP contribution is 2.41. The minimum atomic E-state index is -0.661. The highest BCUT2D eigenvalue weighted by molar-refractivity contribution is 5.81. The van der Waals surface area contributed by atoms with Crippen LogP contribution in [-0.2, 0) is 19.1 Å². The molecule has 0 unspecified atom stereocenters. The number of fused-ring (bicyclic) bond motifs is 5. The zero-order chi connectivity index (χ0) is 21.6. The summed E-state index contributed by atoms with van der Waals surface area (Å²) in [4.78, 5) is 27.2. The molecule has 0 aromatic heterocycles. The van der Waals surface area contributed by atoms with Crippen molar-refractivity contribution in [3.05, 3.63) is 29.6 Å². The summed E-state index contributed by atoms with van der Waals surface area (Å²) in [7, 11) is 0. The van der Waals surface area contributed by atoms with Crippen LogP contribution < -0.4 is 10.1 Å². The van der Waals surface area contributed by atoms with Crippen LogP contribution >= 0.6 is 0 Å². The van der Waals surface area contributed by atoms with Gasteiger partial charge >= 0.3 is 0 Å². The molecule has 8 heteroatoms. The van der Waals surface area contributed by atoms with Gasteiger partial charge < -0.3 is 24.4 Å². The average Bonchev–Trinajstić information content (AvgIpc) is 3.01. The molecular weight excluding hydrogens is 403 g/mol. The normalized spacial score (nSPS) is 36.0. The molecule has 2 amide bonds. The van der Waals surface area contributed by atoms with Crippen molar-refractivity contribution < 1.29 is 28.2 Å². The van der Waals surface area contributed by atoms with Gasteiger partial charge in [0.1, 0.15) is 18.2 Å². The Labute approximate surface area is 181 Å². The molecule has 168 valence electrons. The van der Waals surface area contributed by atoms with E-state index in [1.54, 1.807) is 17.0 Å². The van der Waals surface area contributed by atoms with Crippen LogP contribution in [-0.4, -0.2) is 66.9 Å². The molecule has 5 aliphatic rings. The molecule has 3 fully saturated rings.